The fourth-order valence-corrected chi connectivity index (χ4v) is 2.39. The molecule has 1 aromatic rings. The number of hydrazine groups is 1. The fourth-order valence-electron chi connectivity index (χ4n) is 2.14. The number of methoxy groups -OCH3 is 2. The largest absolute Gasteiger partial charge is 0.493 e. The summed E-state index contributed by atoms with van der Waals surface area (Å²) in [5.41, 5.74) is 5.52. The standard InChI is InChI=1S/C15H21N3O5S/c1-9(8-20-2)16-15(24)18-17-14(19)10-6-11(21-3)13-12(7-10)22-4-5-23-13/h6-7,9H,4-5,8H2,1-3H3,(H,17,19)(H2,16,18,24)/t9-/m1/s1. The molecule has 0 aliphatic carbocycles. The van der Waals surface area contributed by atoms with Gasteiger partial charge < -0.3 is 24.3 Å². The Kier molecular flexibility index (Phi) is 6.44. The predicted octanol–water partition coefficient (Wildman–Crippen LogP) is 0.610. The van der Waals surface area contributed by atoms with Crippen molar-refractivity contribution in [1.29, 1.82) is 0 Å². The van der Waals surface area contributed by atoms with E-state index in [0.29, 0.717) is 42.6 Å². The van der Waals surface area contributed by atoms with E-state index in [-0.39, 0.29) is 17.1 Å². The summed E-state index contributed by atoms with van der Waals surface area (Å²) in [7, 11) is 3.11. The zero-order valence-corrected chi connectivity index (χ0v) is 14.6. The summed E-state index contributed by atoms with van der Waals surface area (Å²) in [5.74, 6) is 1.03. The van der Waals surface area contributed by atoms with Gasteiger partial charge in [0.15, 0.2) is 16.6 Å². The van der Waals surface area contributed by atoms with Crippen molar-refractivity contribution in [1.82, 2.24) is 16.2 Å². The van der Waals surface area contributed by atoms with Crippen LogP contribution in [0.25, 0.3) is 0 Å². The molecule has 0 aromatic heterocycles. The van der Waals surface area contributed by atoms with E-state index in [2.05, 4.69) is 16.2 Å². The van der Waals surface area contributed by atoms with Gasteiger partial charge in [-0.3, -0.25) is 15.6 Å². The maximum atomic E-state index is 12.3. The SMILES string of the molecule is COC[C@@H](C)NC(=S)NNC(=O)c1cc(OC)c2c(c1)OCCO2. The average molecular weight is 355 g/mol. The van der Waals surface area contributed by atoms with Gasteiger partial charge in [0, 0.05) is 18.7 Å². The molecule has 24 heavy (non-hydrogen) atoms. The fraction of sp³-hybridized carbons (Fsp3) is 0.467. The zero-order chi connectivity index (χ0) is 17.5. The molecule has 0 saturated heterocycles. The Morgan fingerprint density at radius 1 is 1.29 bits per heavy atom. The van der Waals surface area contributed by atoms with Gasteiger partial charge in [-0.1, -0.05) is 0 Å². The third-order valence-corrected chi connectivity index (χ3v) is 3.39. The lowest BCUT2D eigenvalue weighted by molar-refractivity contribution is 0.0941. The van der Waals surface area contributed by atoms with Crippen molar-refractivity contribution in [2.45, 2.75) is 13.0 Å². The number of ether oxygens (including phenoxy) is 4. The number of amides is 1. The molecule has 1 aliphatic rings. The van der Waals surface area contributed by atoms with E-state index in [1.807, 2.05) is 6.92 Å². The van der Waals surface area contributed by atoms with Crippen molar-refractivity contribution in [3.63, 3.8) is 0 Å². The number of fused-ring (bicyclic) bond motifs is 1. The first-order chi connectivity index (χ1) is 11.5. The van der Waals surface area contributed by atoms with Gasteiger partial charge in [-0.2, -0.15) is 0 Å². The first-order valence-electron chi connectivity index (χ1n) is 7.38. The molecule has 2 rings (SSSR count). The quantitative estimate of drug-likeness (QED) is 0.523. The third kappa shape index (κ3) is 4.62. The highest BCUT2D eigenvalue weighted by Crippen LogP contribution is 2.40. The summed E-state index contributed by atoms with van der Waals surface area (Å²) in [4.78, 5) is 12.3. The number of carbonyl (C=O) groups is 1. The molecule has 0 saturated carbocycles. The third-order valence-electron chi connectivity index (χ3n) is 3.17. The molecule has 0 spiro atoms. The molecular weight excluding hydrogens is 334 g/mol. The molecule has 132 valence electrons. The average Bonchev–Trinajstić information content (AvgIpc) is 2.58. The minimum absolute atomic E-state index is 0.0151. The summed E-state index contributed by atoms with van der Waals surface area (Å²) in [5, 5.41) is 3.26. The Bertz CT molecular complexity index is 594. The van der Waals surface area contributed by atoms with Crippen molar-refractivity contribution >= 4 is 23.2 Å². The molecule has 1 amide bonds. The summed E-state index contributed by atoms with van der Waals surface area (Å²) < 4.78 is 21.3. The van der Waals surface area contributed by atoms with E-state index >= 15 is 0 Å². The van der Waals surface area contributed by atoms with Crippen LogP contribution in [0.2, 0.25) is 0 Å². The van der Waals surface area contributed by atoms with Crippen LogP contribution in [0.15, 0.2) is 12.1 Å². The summed E-state index contributed by atoms with van der Waals surface area (Å²) in [6.45, 7) is 3.26. The number of nitrogens with one attached hydrogen (secondary N) is 3. The predicted molar refractivity (Wildman–Crippen MR) is 91.7 cm³/mol. The van der Waals surface area contributed by atoms with E-state index < -0.39 is 0 Å². The first-order valence-corrected chi connectivity index (χ1v) is 7.79. The molecule has 9 heteroatoms. The Labute approximate surface area is 145 Å². The number of hydrogen-bond donors (Lipinski definition) is 3. The van der Waals surface area contributed by atoms with Crippen molar-refractivity contribution in [2.75, 3.05) is 34.0 Å². The maximum Gasteiger partial charge on any atom is 0.269 e. The second-order valence-electron chi connectivity index (χ2n) is 5.11. The van der Waals surface area contributed by atoms with Gasteiger partial charge >= 0.3 is 0 Å². The van der Waals surface area contributed by atoms with Gasteiger partial charge in [0.1, 0.15) is 13.2 Å². The van der Waals surface area contributed by atoms with Crippen LogP contribution in [-0.4, -0.2) is 51.1 Å². The molecule has 1 aromatic carbocycles. The van der Waals surface area contributed by atoms with Crippen LogP contribution in [0.4, 0.5) is 0 Å². The maximum absolute atomic E-state index is 12.3. The highest BCUT2D eigenvalue weighted by molar-refractivity contribution is 7.80. The highest BCUT2D eigenvalue weighted by atomic mass is 32.1. The monoisotopic (exact) mass is 355 g/mol. The molecule has 8 nitrogen and oxygen atoms in total. The van der Waals surface area contributed by atoms with Crippen LogP contribution in [0.5, 0.6) is 17.2 Å². The van der Waals surface area contributed by atoms with Crippen LogP contribution < -0.4 is 30.4 Å². The van der Waals surface area contributed by atoms with E-state index in [1.165, 1.54) is 7.11 Å². The zero-order valence-electron chi connectivity index (χ0n) is 13.8. The Morgan fingerprint density at radius 2 is 2.04 bits per heavy atom. The summed E-state index contributed by atoms with van der Waals surface area (Å²) >= 11 is 5.10. The van der Waals surface area contributed by atoms with Crippen LogP contribution in [0, 0.1) is 0 Å². The smallest absolute Gasteiger partial charge is 0.269 e. The lowest BCUT2D eigenvalue weighted by atomic mass is 10.1. The van der Waals surface area contributed by atoms with Crippen molar-refractivity contribution in [3.05, 3.63) is 17.7 Å². The molecule has 0 fully saturated rings. The van der Waals surface area contributed by atoms with Crippen LogP contribution in [0.3, 0.4) is 0 Å². The van der Waals surface area contributed by atoms with Gasteiger partial charge in [0.2, 0.25) is 5.75 Å². The molecule has 1 atom stereocenters. The topological polar surface area (TPSA) is 90.1 Å². The number of rotatable bonds is 5. The summed E-state index contributed by atoms with van der Waals surface area (Å²) in [6, 6.07) is 3.19. The number of hydrogen-bond acceptors (Lipinski definition) is 6. The number of thiocarbonyl (C=S) groups is 1. The Hall–Kier alpha value is -2.26. The second-order valence-corrected chi connectivity index (χ2v) is 5.52. The first kappa shape index (κ1) is 18.1. The molecule has 1 aliphatic heterocycles. The van der Waals surface area contributed by atoms with Gasteiger partial charge in [-0.15, -0.1) is 0 Å². The van der Waals surface area contributed by atoms with Crippen LogP contribution >= 0.6 is 12.2 Å². The van der Waals surface area contributed by atoms with Gasteiger partial charge in [-0.25, -0.2) is 0 Å². The lowest BCUT2D eigenvalue weighted by Gasteiger charge is -2.21. The molecule has 0 unspecified atom stereocenters. The summed E-state index contributed by atoms with van der Waals surface area (Å²) in [6.07, 6.45) is 0. The van der Waals surface area contributed by atoms with Gasteiger partial charge in [0.05, 0.1) is 13.7 Å². The lowest BCUT2D eigenvalue weighted by Crippen LogP contribution is -2.49. The highest BCUT2D eigenvalue weighted by Gasteiger charge is 2.21. The molecule has 0 radical (unpaired) electrons. The Morgan fingerprint density at radius 3 is 2.75 bits per heavy atom. The van der Waals surface area contributed by atoms with E-state index in [0.717, 1.165) is 0 Å². The van der Waals surface area contributed by atoms with E-state index in [9.17, 15) is 4.79 Å². The normalized spacial score (nSPS) is 13.6. The van der Waals surface area contributed by atoms with Crippen molar-refractivity contribution < 1.29 is 23.7 Å². The van der Waals surface area contributed by atoms with Crippen molar-refractivity contribution in [2.24, 2.45) is 0 Å². The molecular formula is C15H21N3O5S. The van der Waals surface area contributed by atoms with Gasteiger partial charge in [-0.05, 0) is 31.3 Å². The molecule has 3 N–H and O–H groups in total. The van der Waals surface area contributed by atoms with Crippen molar-refractivity contribution in [3.8, 4) is 17.2 Å². The minimum Gasteiger partial charge on any atom is -0.493 e. The van der Waals surface area contributed by atoms with E-state index in [1.54, 1.807) is 19.2 Å². The van der Waals surface area contributed by atoms with Crippen LogP contribution in [0.1, 0.15) is 17.3 Å². The number of benzene rings is 1. The van der Waals surface area contributed by atoms with Crippen LogP contribution in [-0.2, 0) is 4.74 Å². The Balaban J connectivity index is 1.98. The minimum atomic E-state index is -0.381. The molecule has 1 heterocycles. The van der Waals surface area contributed by atoms with E-state index in [4.69, 9.17) is 31.2 Å². The molecule has 0 bridgehead atoms. The van der Waals surface area contributed by atoms with Gasteiger partial charge in [0.25, 0.3) is 5.91 Å². The second kappa shape index (κ2) is 8.55. The number of carbonyl (C=O) groups excluding carboxylic acids is 1.